The number of ether oxygens (including phenoxy) is 1. The summed E-state index contributed by atoms with van der Waals surface area (Å²) in [5.41, 5.74) is 1.15. The second-order valence-corrected chi connectivity index (χ2v) is 9.14. The van der Waals surface area contributed by atoms with E-state index < -0.39 is 12.2 Å². The molecule has 1 aromatic rings. The molecule has 1 fully saturated rings. The topological polar surface area (TPSA) is 87.7 Å². The summed E-state index contributed by atoms with van der Waals surface area (Å²) >= 11 is 0. The Morgan fingerprint density at radius 3 is 2.54 bits per heavy atom. The van der Waals surface area contributed by atoms with Crippen molar-refractivity contribution in [2.24, 2.45) is 10.8 Å². The number of hydrogen-bond acceptors (Lipinski definition) is 3. The van der Waals surface area contributed by atoms with Crippen molar-refractivity contribution in [3.05, 3.63) is 35.9 Å². The maximum atomic E-state index is 12.0. The van der Waals surface area contributed by atoms with Gasteiger partial charge >= 0.3 is 12.2 Å². The van der Waals surface area contributed by atoms with E-state index in [0.29, 0.717) is 19.6 Å². The molecule has 6 heteroatoms. The van der Waals surface area contributed by atoms with E-state index >= 15 is 0 Å². The molecule has 2 rings (SSSR count). The van der Waals surface area contributed by atoms with Crippen LogP contribution in [0.2, 0.25) is 0 Å². The van der Waals surface area contributed by atoms with Gasteiger partial charge in [0.1, 0.15) is 0 Å². The summed E-state index contributed by atoms with van der Waals surface area (Å²) < 4.78 is 5.30. The smallest absolute Gasteiger partial charge is 0.407 e. The van der Waals surface area contributed by atoms with Crippen LogP contribution >= 0.6 is 0 Å². The number of amides is 2. The second kappa shape index (κ2) is 9.80. The number of carbonyl (C=O) groups is 2. The highest BCUT2D eigenvalue weighted by Gasteiger charge is 2.41. The lowest BCUT2D eigenvalue weighted by atomic mass is 9.62. The van der Waals surface area contributed by atoms with Crippen LogP contribution in [-0.4, -0.2) is 36.5 Å². The highest BCUT2D eigenvalue weighted by atomic mass is 16.5. The predicted octanol–water partition coefficient (Wildman–Crippen LogP) is 4.59. The summed E-state index contributed by atoms with van der Waals surface area (Å²) in [6.07, 6.45) is 3.84. The first-order valence-corrected chi connectivity index (χ1v) is 10.1. The van der Waals surface area contributed by atoms with Gasteiger partial charge in [-0.2, -0.15) is 0 Å². The van der Waals surface area contributed by atoms with E-state index in [0.717, 1.165) is 32.1 Å². The molecule has 3 N–H and O–H groups in total. The first-order chi connectivity index (χ1) is 13.2. The van der Waals surface area contributed by atoms with Gasteiger partial charge in [-0.1, -0.05) is 51.1 Å². The zero-order chi connectivity index (χ0) is 20.6. The SMILES string of the molecule is CC1(C)CC(NC(=O)O)CC(C)(CNC(=O)OCCCCc2ccccc2)C1. The van der Waals surface area contributed by atoms with Gasteiger partial charge in [0.25, 0.3) is 0 Å². The largest absolute Gasteiger partial charge is 0.465 e. The van der Waals surface area contributed by atoms with E-state index in [-0.39, 0.29) is 16.9 Å². The van der Waals surface area contributed by atoms with Gasteiger partial charge in [0.05, 0.1) is 6.61 Å². The fraction of sp³-hybridized carbons (Fsp3) is 0.636. The highest BCUT2D eigenvalue weighted by molar-refractivity contribution is 5.67. The molecule has 28 heavy (non-hydrogen) atoms. The minimum atomic E-state index is -0.993. The third-order valence-corrected chi connectivity index (χ3v) is 5.37. The summed E-state index contributed by atoms with van der Waals surface area (Å²) in [4.78, 5) is 23.1. The minimum absolute atomic E-state index is 0.0170. The minimum Gasteiger partial charge on any atom is -0.465 e. The average Bonchev–Trinajstić information content (AvgIpc) is 2.58. The van der Waals surface area contributed by atoms with Gasteiger partial charge in [0.2, 0.25) is 0 Å². The Hall–Kier alpha value is -2.24. The first-order valence-electron chi connectivity index (χ1n) is 10.1. The lowest BCUT2D eigenvalue weighted by Gasteiger charge is -2.46. The molecule has 2 atom stereocenters. The zero-order valence-electron chi connectivity index (χ0n) is 17.3. The maximum Gasteiger partial charge on any atom is 0.407 e. The number of hydrogen-bond donors (Lipinski definition) is 3. The van der Waals surface area contributed by atoms with E-state index in [1.807, 2.05) is 18.2 Å². The van der Waals surface area contributed by atoms with Crippen molar-refractivity contribution in [2.75, 3.05) is 13.2 Å². The van der Waals surface area contributed by atoms with E-state index in [9.17, 15) is 9.59 Å². The van der Waals surface area contributed by atoms with Gasteiger partial charge in [-0.15, -0.1) is 0 Å². The number of rotatable bonds is 8. The highest BCUT2D eigenvalue weighted by Crippen LogP contribution is 2.45. The number of nitrogens with one attached hydrogen (secondary N) is 2. The number of unbranched alkanes of at least 4 members (excludes halogenated alkanes) is 1. The Morgan fingerprint density at radius 2 is 1.86 bits per heavy atom. The van der Waals surface area contributed by atoms with Crippen LogP contribution in [0, 0.1) is 10.8 Å². The molecule has 1 aromatic carbocycles. The van der Waals surface area contributed by atoms with E-state index in [1.165, 1.54) is 5.56 Å². The van der Waals surface area contributed by atoms with Crippen LogP contribution in [-0.2, 0) is 11.2 Å². The molecule has 6 nitrogen and oxygen atoms in total. The molecule has 0 aromatic heterocycles. The van der Waals surface area contributed by atoms with Crippen molar-refractivity contribution in [1.29, 1.82) is 0 Å². The van der Waals surface area contributed by atoms with Crippen LogP contribution < -0.4 is 10.6 Å². The third kappa shape index (κ3) is 7.79. The van der Waals surface area contributed by atoms with E-state index in [2.05, 4.69) is 43.5 Å². The van der Waals surface area contributed by atoms with Crippen LogP contribution in [0.15, 0.2) is 30.3 Å². The first kappa shape index (κ1) is 22.1. The molecule has 2 amide bonds. The van der Waals surface area contributed by atoms with Gasteiger partial charge in [-0.05, 0) is 54.9 Å². The zero-order valence-corrected chi connectivity index (χ0v) is 17.3. The number of aryl methyl sites for hydroxylation is 1. The Morgan fingerprint density at radius 1 is 1.14 bits per heavy atom. The van der Waals surface area contributed by atoms with Crippen molar-refractivity contribution >= 4 is 12.2 Å². The number of benzene rings is 1. The number of alkyl carbamates (subject to hydrolysis) is 1. The molecule has 156 valence electrons. The Balaban J connectivity index is 1.69. The lowest BCUT2D eigenvalue weighted by Crippen LogP contribution is -2.50. The molecular formula is C22H34N2O4. The summed E-state index contributed by atoms with van der Waals surface area (Å²) in [6, 6.07) is 10.2. The van der Waals surface area contributed by atoms with Crippen LogP contribution in [0.1, 0.15) is 58.4 Å². The van der Waals surface area contributed by atoms with Gasteiger partial charge < -0.3 is 20.5 Å². The lowest BCUT2D eigenvalue weighted by molar-refractivity contribution is 0.0663. The monoisotopic (exact) mass is 390 g/mol. The molecule has 0 bridgehead atoms. The molecule has 2 unspecified atom stereocenters. The molecular weight excluding hydrogens is 356 g/mol. The molecule has 0 saturated heterocycles. The van der Waals surface area contributed by atoms with Crippen LogP contribution in [0.5, 0.6) is 0 Å². The van der Waals surface area contributed by atoms with Crippen molar-refractivity contribution in [3.8, 4) is 0 Å². The average molecular weight is 391 g/mol. The fourth-order valence-corrected chi connectivity index (χ4v) is 4.62. The van der Waals surface area contributed by atoms with Crippen LogP contribution in [0.4, 0.5) is 9.59 Å². The molecule has 1 aliphatic carbocycles. The van der Waals surface area contributed by atoms with E-state index in [1.54, 1.807) is 0 Å². The molecule has 0 aliphatic heterocycles. The van der Waals surface area contributed by atoms with Crippen LogP contribution in [0.25, 0.3) is 0 Å². The fourth-order valence-electron chi connectivity index (χ4n) is 4.62. The van der Waals surface area contributed by atoms with Crippen LogP contribution in [0.3, 0.4) is 0 Å². The third-order valence-electron chi connectivity index (χ3n) is 5.37. The summed E-state index contributed by atoms with van der Waals surface area (Å²) in [7, 11) is 0. The Kier molecular flexibility index (Phi) is 7.72. The molecule has 1 aliphatic rings. The van der Waals surface area contributed by atoms with Gasteiger partial charge in [-0.25, -0.2) is 9.59 Å². The quantitative estimate of drug-likeness (QED) is 0.567. The maximum absolute atomic E-state index is 12.0. The number of carboxylic acid groups (broad SMARTS) is 1. The normalized spacial score (nSPS) is 23.6. The van der Waals surface area contributed by atoms with Gasteiger partial charge in [-0.3, -0.25) is 0 Å². The van der Waals surface area contributed by atoms with E-state index in [4.69, 9.17) is 9.84 Å². The summed E-state index contributed by atoms with van der Waals surface area (Å²) in [5, 5.41) is 14.5. The van der Waals surface area contributed by atoms with Crippen molar-refractivity contribution in [1.82, 2.24) is 10.6 Å². The molecule has 0 heterocycles. The van der Waals surface area contributed by atoms with Crippen molar-refractivity contribution in [2.45, 2.75) is 65.3 Å². The van der Waals surface area contributed by atoms with Gasteiger partial charge in [0.15, 0.2) is 0 Å². The summed E-state index contributed by atoms with van der Waals surface area (Å²) in [5.74, 6) is 0. The summed E-state index contributed by atoms with van der Waals surface area (Å²) in [6.45, 7) is 7.28. The molecule has 1 saturated carbocycles. The standard InChI is InChI=1S/C22H34N2O4/c1-21(2)13-18(24-19(25)26)14-22(3,15-21)16-23-20(27)28-12-8-7-11-17-9-5-4-6-10-17/h4-6,9-10,18,24H,7-8,11-16H2,1-3H3,(H,23,27)(H,25,26). The second-order valence-electron chi connectivity index (χ2n) is 9.14. The predicted molar refractivity (Wildman–Crippen MR) is 109 cm³/mol. The Bertz CT molecular complexity index is 647. The van der Waals surface area contributed by atoms with Gasteiger partial charge in [0, 0.05) is 12.6 Å². The van der Waals surface area contributed by atoms with Crippen molar-refractivity contribution in [3.63, 3.8) is 0 Å². The molecule has 0 spiro atoms. The molecule has 0 radical (unpaired) electrons. The van der Waals surface area contributed by atoms with Crippen molar-refractivity contribution < 1.29 is 19.4 Å². The number of carbonyl (C=O) groups excluding carboxylic acids is 1. The Labute approximate surface area is 168 Å².